The number of amides is 1. The molecule has 1 heterocycles. The summed E-state index contributed by atoms with van der Waals surface area (Å²) in [4.78, 5) is 12.2. The average molecular weight is 301 g/mol. The standard InChI is InChI=1S/C14H18ClFN2O2/c1-14(2,10-4-3-9(16)7-11(10)15)18-13(19)12-8-17-5-6-20-12/h3-4,7,12,17H,5-6,8H2,1-2H3,(H,18,19)/t12-/m0/s1. The first kappa shape index (κ1) is 15.2. The summed E-state index contributed by atoms with van der Waals surface area (Å²) in [6.45, 7) is 5.38. The highest BCUT2D eigenvalue weighted by Gasteiger charge is 2.30. The predicted molar refractivity (Wildman–Crippen MR) is 75.2 cm³/mol. The summed E-state index contributed by atoms with van der Waals surface area (Å²) < 4.78 is 18.5. The lowest BCUT2D eigenvalue weighted by molar-refractivity contribution is -0.136. The molecule has 2 N–H and O–H groups in total. The first-order valence-electron chi connectivity index (χ1n) is 6.50. The molecule has 0 spiro atoms. The van der Waals surface area contributed by atoms with Crippen LogP contribution in [0.4, 0.5) is 4.39 Å². The van der Waals surface area contributed by atoms with Crippen LogP contribution in [-0.2, 0) is 15.1 Å². The van der Waals surface area contributed by atoms with Crippen LogP contribution in [0.1, 0.15) is 19.4 Å². The van der Waals surface area contributed by atoms with Gasteiger partial charge >= 0.3 is 0 Å². The summed E-state index contributed by atoms with van der Waals surface area (Å²) in [5, 5.41) is 6.28. The van der Waals surface area contributed by atoms with Crippen molar-refractivity contribution in [3.05, 3.63) is 34.6 Å². The van der Waals surface area contributed by atoms with Crippen LogP contribution in [0, 0.1) is 5.82 Å². The zero-order chi connectivity index (χ0) is 14.8. The third kappa shape index (κ3) is 3.48. The van der Waals surface area contributed by atoms with Crippen LogP contribution >= 0.6 is 11.6 Å². The number of rotatable bonds is 3. The van der Waals surface area contributed by atoms with E-state index in [1.54, 1.807) is 6.07 Å². The maximum absolute atomic E-state index is 13.1. The van der Waals surface area contributed by atoms with Gasteiger partial charge < -0.3 is 15.4 Å². The number of carbonyl (C=O) groups is 1. The highest BCUT2D eigenvalue weighted by atomic mass is 35.5. The fraction of sp³-hybridized carbons (Fsp3) is 0.500. The number of hydrogen-bond acceptors (Lipinski definition) is 3. The average Bonchev–Trinajstić information content (AvgIpc) is 2.38. The van der Waals surface area contributed by atoms with Gasteiger partial charge in [-0.2, -0.15) is 0 Å². The Labute approximate surface area is 122 Å². The van der Waals surface area contributed by atoms with Gasteiger partial charge in [-0.3, -0.25) is 4.79 Å². The fourth-order valence-corrected chi connectivity index (χ4v) is 2.59. The lowest BCUT2D eigenvalue weighted by Gasteiger charge is -2.31. The van der Waals surface area contributed by atoms with Crippen LogP contribution in [0.2, 0.25) is 5.02 Å². The number of ether oxygens (including phenoxy) is 1. The molecule has 110 valence electrons. The number of nitrogens with one attached hydrogen (secondary N) is 2. The molecule has 2 rings (SSSR count). The maximum atomic E-state index is 13.1. The fourth-order valence-electron chi connectivity index (χ4n) is 2.19. The quantitative estimate of drug-likeness (QED) is 0.895. The number of hydrogen-bond donors (Lipinski definition) is 2. The minimum atomic E-state index is -0.706. The predicted octanol–water partition coefficient (Wildman–Crippen LogP) is 1.82. The Morgan fingerprint density at radius 1 is 1.55 bits per heavy atom. The lowest BCUT2D eigenvalue weighted by Crippen LogP contribution is -2.52. The van der Waals surface area contributed by atoms with Crippen molar-refractivity contribution in [2.24, 2.45) is 0 Å². The summed E-state index contributed by atoms with van der Waals surface area (Å²) in [7, 11) is 0. The van der Waals surface area contributed by atoms with Crippen LogP contribution < -0.4 is 10.6 Å². The Balaban J connectivity index is 2.11. The molecule has 6 heteroatoms. The summed E-state index contributed by atoms with van der Waals surface area (Å²) in [6, 6.07) is 4.15. The van der Waals surface area contributed by atoms with E-state index in [-0.39, 0.29) is 10.9 Å². The van der Waals surface area contributed by atoms with E-state index in [4.69, 9.17) is 16.3 Å². The first-order chi connectivity index (χ1) is 9.40. The van der Waals surface area contributed by atoms with E-state index in [9.17, 15) is 9.18 Å². The van der Waals surface area contributed by atoms with Crippen molar-refractivity contribution >= 4 is 17.5 Å². The highest BCUT2D eigenvalue weighted by molar-refractivity contribution is 6.31. The molecule has 20 heavy (non-hydrogen) atoms. The van der Waals surface area contributed by atoms with Crippen LogP contribution in [0.5, 0.6) is 0 Å². The minimum Gasteiger partial charge on any atom is -0.366 e. The molecule has 1 saturated heterocycles. The van der Waals surface area contributed by atoms with Crippen molar-refractivity contribution in [1.82, 2.24) is 10.6 Å². The topological polar surface area (TPSA) is 50.4 Å². The lowest BCUT2D eigenvalue weighted by atomic mass is 9.93. The van der Waals surface area contributed by atoms with Crippen molar-refractivity contribution in [1.29, 1.82) is 0 Å². The molecule has 1 aliphatic rings. The molecule has 0 aromatic heterocycles. The van der Waals surface area contributed by atoms with Crippen LogP contribution in [0.15, 0.2) is 18.2 Å². The van der Waals surface area contributed by atoms with Gasteiger partial charge in [-0.1, -0.05) is 17.7 Å². The van der Waals surface area contributed by atoms with Gasteiger partial charge in [-0.15, -0.1) is 0 Å². The Morgan fingerprint density at radius 3 is 2.90 bits per heavy atom. The molecule has 1 aromatic carbocycles. The SMILES string of the molecule is CC(C)(NC(=O)[C@@H]1CNCCO1)c1ccc(F)cc1Cl. The zero-order valence-electron chi connectivity index (χ0n) is 11.5. The van der Waals surface area contributed by atoms with Gasteiger partial charge in [0.1, 0.15) is 11.9 Å². The Morgan fingerprint density at radius 2 is 2.30 bits per heavy atom. The first-order valence-corrected chi connectivity index (χ1v) is 6.88. The maximum Gasteiger partial charge on any atom is 0.251 e. The Kier molecular flexibility index (Phi) is 4.62. The second kappa shape index (κ2) is 6.08. The largest absolute Gasteiger partial charge is 0.366 e. The summed E-state index contributed by atoms with van der Waals surface area (Å²) in [5.74, 6) is -0.608. The molecular weight excluding hydrogens is 283 g/mol. The number of morpholine rings is 1. The second-order valence-electron chi connectivity index (χ2n) is 5.30. The molecule has 0 radical (unpaired) electrons. The van der Waals surface area contributed by atoms with Crippen LogP contribution in [0.25, 0.3) is 0 Å². The van der Waals surface area contributed by atoms with Gasteiger partial charge in [0.2, 0.25) is 0 Å². The van der Waals surface area contributed by atoms with Crippen molar-refractivity contribution in [2.75, 3.05) is 19.7 Å². The molecule has 0 bridgehead atoms. The van der Waals surface area contributed by atoms with Crippen molar-refractivity contribution in [3.8, 4) is 0 Å². The summed E-state index contributed by atoms with van der Waals surface area (Å²) in [5.41, 5.74) is -0.0412. The molecule has 0 saturated carbocycles. The van der Waals surface area contributed by atoms with Gasteiger partial charge in [0.05, 0.1) is 12.1 Å². The van der Waals surface area contributed by atoms with Crippen molar-refractivity contribution in [3.63, 3.8) is 0 Å². The molecular formula is C14H18ClFN2O2. The molecule has 1 atom stereocenters. The molecule has 4 nitrogen and oxygen atoms in total. The summed E-state index contributed by atoms with van der Waals surface area (Å²) in [6.07, 6.45) is -0.512. The van der Waals surface area contributed by atoms with Crippen molar-refractivity contribution < 1.29 is 13.9 Å². The van der Waals surface area contributed by atoms with Gasteiger partial charge in [0.25, 0.3) is 5.91 Å². The van der Waals surface area contributed by atoms with Crippen molar-refractivity contribution in [2.45, 2.75) is 25.5 Å². The third-order valence-electron chi connectivity index (χ3n) is 3.26. The highest BCUT2D eigenvalue weighted by Crippen LogP contribution is 2.28. The number of carbonyl (C=O) groups excluding carboxylic acids is 1. The third-order valence-corrected chi connectivity index (χ3v) is 3.57. The van der Waals surface area contributed by atoms with Gasteiger partial charge in [-0.05, 0) is 31.5 Å². The molecule has 1 aliphatic heterocycles. The zero-order valence-corrected chi connectivity index (χ0v) is 12.3. The van der Waals surface area contributed by atoms with E-state index in [1.807, 2.05) is 13.8 Å². The number of benzene rings is 1. The molecule has 1 aromatic rings. The molecule has 0 aliphatic carbocycles. The van der Waals surface area contributed by atoms with Gasteiger partial charge in [0, 0.05) is 18.1 Å². The van der Waals surface area contributed by atoms with Crippen LogP contribution in [-0.4, -0.2) is 31.7 Å². The summed E-state index contributed by atoms with van der Waals surface area (Å²) >= 11 is 6.05. The van der Waals surface area contributed by atoms with E-state index in [1.165, 1.54) is 12.1 Å². The van der Waals surface area contributed by atoms with E-state index < -0.39 is 17.5 Å². The molecule has 1 fully saturated rings. The van der Waals surface area contributed by atoms with E-state index in [2.05, 4.69) is 10.6 Å². The van der Waals surface area contributed by atoms with E-state index in [0.29, 0.717) is 18.7 Å². The minimum absolute atomic E-state index is 0.206. The molecule has 1 amide bonds. The normalized spacial score (nSPS) is 19.7. The second-order valence-corrected chi connectivity index (χ2v) is 5.71. The van der Waals surface area contributed by atoms with E-state index >= 15 is 0 Å². The monoisotopic (exact) mass is 300 g/mol. The van der Waals surface area contributed by atoms with Gasteiger partial charge in [0.15, 0.2) is 0 Å². The van der Waals surface area contributed by atoms with E-state index in [0.717, 1.165) is 6.54 Å². The Hall–Kier alpha value is -1.17. The van der Waals surface area contributed by atoms with Gasteiger partial charge in [-0.25, -0.2) is 4.39 Å². The smallest absolute Gasteiger partial charge is 0.251 e. The Bertz CT molecular complexity index is 502. The van der Waals surface area contributed by atoms with Crippen LogP contribution in [0.3, 0.4) is 0 Å². The number of halogens is 2. The molecule has 0 unspecified atom stereocenters.